The van der Waals surface area contributed by atoms with Crippen molar-refractivity contribution in [3.63, 3.8) is 0 Å². The minimum absolute atomic E-state index is 0.167. The summed E-state index contributed by atoms with van der Waals surface area (Å²) in [5.41, 5.74) is 3.95. The van der Waals surface area contributed by atoms with Crippen molar-refractivity contribution in [3.05, 3.63) is 52.3 Å². The fourth-order valence-electron chi connectivity index (χ4n) is 3.23. The third-order valence-electron chi connectivity index (χ3n) is 5.00. The van der Waals surface area contributed by atoms with Crippen molar-refractivity contribution in [2.75, 3.05) is 5.32 Å². The van der Waals surface area contributed by atoms with E-state index in [0.717, 1.165) is 17.7 Å². The first-order chi connectivity index (χ1) is 13.2. The molecule has 0 saturated carbocycles. The molecule has 2 heterocycles. The number of pyridine rings is 1. The first-order valence-electron chi connectivity index (χ1n) is 9.23. The highest BCUT2D eigenvalue weighted by Gasteiger charge is 2.19. The van der Waals surface area contributed by atoms with Gasteiger partial charge in [0, 0.05) is 11.4 Å². The van der Waals surface area contributed by atoms with Gasteiger partial charge in [0.15, 0.2) is 5.65 Å². The van der Waals surface area contributed by atoms with Crippen LogP contribution in [0.5, 0.6) is 0 Å². The van der Waals surface area contributed by atoms with Gasteiger partial charge in [0.1, 0.15) is 0 Å². The molecule has 0 aliphatic heterocycles. The summed E-state index contributed by atoms with van der Waals surface area (Å²) in [6.07, 6.45) is 2.56. The molecule has 0 aliphatic carbocycles. The summed E-state index contributed by atoms with van der Waals surface area (Å²) in [7, 11) is 0. The van der Waals surface area contributed by atoms with Gasteiger partial charge in [-0.1, -0.05) is 13.0 Å². The number of hydrogen-bond donors (Lipinski definition) is 2. The summed E-state index contributed by atoms with van der Waals surface area (Å²) in [4.78, 5) is 29.0. The Morgan fingerprint density at radius 3 is 2.50 bits per heavy atom. The van der Waals surface area contributed by atoms with Crippen molar-refractivity contribution in [2.24, 2.45) is 0 Å². The van der Waals surface area contributed by atoms with Crippen LogP contribution in [0.1, 0.15) is 63.8 Å². The van der Waals surface area contributed by atoms with Crippen LogP contribution in [0.3, 0.4) is 0 Å². The highest BCUT2D eigenvalue weighted by Crippen LogP contribution is 2.25. The molecule has 0 radical (unpaired) electrons. The number of nitrogens with one attached hydrogen (secondary N) is 1. The number of aromatic carboxylic acids is 1. The van der Waals surface area contributed by atoms with Gasteiger partial charge >= 0.3 is 5.97 Å². The second-order valence-corrected chi connectivity index (χ2v) is 7.14. The predicted molar refractivity (Wildman–Crippen MR) is 108 cm³/mol. The molecule has 2 N–H and O–H groups in total. The first kappa shape index (κ1) is 19.5. The number of carbonyl (C=O) groups is 2. The van der Waals surface area contributed by atoms with Crippen LogP contribution in [-0.4, -0.2) is 31.7 Å². The van der Waals surface area contributed by atoms with E-state index in [1.807, 2.05) is 18.5 Å². The van der Waals surface area contributed by atoms with E-state index in [9.17, 15) is 14.7 Å². The number of amides is 1. The number of aromatic nitrogens is 3. The Kier molecular flexibility index (Phi) is 5.18. The molecule has 7 nitrogen and oxygen atoms in total. The Morgan fingerprint density at radius 2 is 1.86 bits per heavy atom. The first-order valence-corrected chi connectivity index (χ1v) is 9.23. The maximum atomic E-state index is 13.0. The topological polar surface area (TPSA) is 97.1 Å². The number of fused-ring (bicyclic) bond motifs is 1. The fraction of sp³-hybridized carbons (Fsp3) is 0.333. The van der Waals surface area contributed by atoms with E-state index in [0.29, 0.717) is 27.8 Å². The number of benzene rings is 1. The van der Waals surface area contributed by atoms with Crippen molar-refractivity contribution >= 4 is 28.6 Å². The number of nitrogens with zero attached hydrogens (tertiary/aromatic N) is 3. The summed E-state index contributed by atoms with van der Waals surface area (Å²) in [6.45, 7) is 9.54. The van der Waals surface area contributed by atoms with E-state index in [1.54, 1.807) is 25.3 Å². The van der Waals surface area contributed by atoms with E-state index in [-0.39, 0.29) is 17.5 Å². The normalized spacial score (nSPS) is 12.2. The fourth-order valence-corrected chi connectivity index (χ4v) is 3.23. The molecule has 1 amide bonds. The highest BCUT2D eigenvalue weighted by atomic mass is 16.4. The number of carboxylic acid groups (broad SMARTS) is 1. The highest BCUT2D eigenvalue weighted by molar-refractivity contribution is 6.12. The predicted octanol–water partition coefficient (Wildman–Crippen LogP) is 4.28. The van der Waals surface area contributed by atoms with Crippen molar-refractivity contribution in [1.82, 2.24) is 14.8 Å². The van der Waals surface area contributed by atoms with Gasteiger partial charge in [-0.05, 0) is 57.4 Å². The Morgan fingerprint density at radius 1 is 1.14 bits per heavy atom. The number of rotatable bonds is 5. The molecule has 7 heteroatoms. The zero-order valence-electron chi connectivity index (χ0n) is 16.7. The van der Waals surface area contributed by atoms with Gasteiger partial charge in [0.05, 0.1) is 28.8 Å². The number of hydrogen-bond acceptors (Lipinski definition) is 4. The summed E-state index contributed by atoms with van der Waals surface area (Å²) >= 11 is 0. The molecule has 1 aromatic carbocycles. The van der Waals surface area contributed by atoms with Crippen LogP contribution in [0.2, 0.25) is 0 Å². The average molecular weight is 380 g/mol. The van der Waals surface area contributed by atoms with Crippen molar-refractivity contribution in [2.45, 2.75) is 47.1 Å². The van der Waals surface area contributed by atoms with E-state index >= 15 is 0 Å². The van der Waals surface area contributed by atoms with E-state index in [4.69, 9.17) is 0 Å². The third kappa shape index (κ3) is 3.47. The SMILES string of the molecule is CCC(C)n1ncc2c(C(=O)Nc3cc(C(=O)O)c(C)cc3C)cc(C)nc21. The molecular weight excluding hydrogens is 356 g/mol. The van der Waals surface area contributed by atoms with Gasteiger partial charge in [0.2, 0.25) is 0 Å². The van der Waals surface area contributed by atoms with Crippen molar-refractivity contribution in [3.8, 4) is 0 Å². The minimum atomic E-state index is -1.02. The number of carboxylic acids is 1. The van der Waals surface area contributed by atoms with Gasteiger partial charge in [0.25, 0.3) is 5.91 Å². The standard InChI is InChI=1S/C21H24N4O3/c1-6-14(5)25-19-17(10-22-25)16(8-13(4)23-19)20(26)24-18-9-15(21(27)28)11(2)7-12(18)3/h7-10,14H,6H2,1-5H3,(H,24,26)(H,27,28). The maximum absolute atomic E-state index is 13.0. The summed E-state index contributed by atoms with van der Waals surface area (Å²) in [6, 6.07) is 5.15. The molecule has 0 spiro atoms. The van der Waals surface area contributed by atoms with Crippen LogP contribution in [0.15, 0.2) is 24.4 Å². The van der Waals surface area contributed by atoms with Crippen molar-refractivity contribution < 1.29 is 14.7 Å². The lowest BCUT2D eigenvalue weighted by Crippen LogP contribution is -2.15. The molecule has 28 heavy (non-hydrogen) atoms. The minimum Gasteiger partial charge on any atom is -0.478 e. The molecule has 0 fully saturated rings. The molecule has 3 rings (SSSR count). The maximum Gasteiger partial charge on any atom is 0.336 e. The molecule has 0 bridgehead atoms. The average Bonchev–Trinajstić information content (AvgIpc) is 3.05. The lowest BCUT2D eigenvalue weighted by atomic mass is 10.0. The Labute approximate surface area is 163 Å². The number of carbonyl (C=O) groups excluding carboxylic acids is 1. The summed E-state index contributed by atoms with van der Waals surface area (Å²) < 4.78 is 1.83. The van der Waals surface area contributed by atoms with Crippen LogP contribution in [0, 0.1) is 20.8 Å². The van der Waals surface area contributed by atoms with Gasteiger partial charge in [-0.15, -0.1) is 0 Å². The summed E-state index contributed by atoms with van der Waals surface area (Å²) in [5.74, 6) is -1.34. The number of anilines is 1. The molecule has 3 aromatic rings. The van der Waals surface area contributed by atoms with Crippen molar-refractivity contribution in [1.29, 1.82) is 0 Å². The van der Waals surface area contributed by atoms with E-state index in [1.165, 1.54) is 6.07 Å². The smallest absolute Gasteiger partial charge is 0.336 e. The molecule has 0 saturated heterocycles. The van der Waals surface area contributed by atoms with E-state index in [2.05, 4.69) is 29.2 Å². The molecule has 2 aromatic heterocycles. The second kappa shape index (κ2) is 7.42. The van der Waals surface area contributed by atoms with Gasteiger partial charge in [-0.3, -0.25) is 4.79 Å². The lowest BCUT2D eigenvalue weighted by molar-refractivity contribution is 0.0695. The molecule has 0 aliphatic rings. The monoisotopic (exact) mass is 380 g/mol. The van der Waals surface area contributed by atoms with Gasteiger partial charge in [-0.25, -0.2) is 14.5 Å². The molecular formula is C21H24N4O3. The Balaban J connectivity index is 2.04. The Hall–Kier alpha value is -3.22. The Bertz CT molecular complexity index is 1080. The molecule has 146 valence electrons. The largest absolute Gasteiger partial charge is 0.478 e. The lowest BCUT2D eigenvalue weighted by Gasteiger charge is -2.13. The molecule has 1 atom stereocenters. The van der Waals surface area contributed by atoms with Crippen LogP contribution < -0.4 is 5.32 Å². The second-order valence-electron chi connectivity index (χ2n) is 7.14. The zero-order valence-corrected chi connectivity index (χ0v) is 16.7. The van der Waals surface area contributed by atoms with Gasteiger partial charge in [-0.2, -0.15) is 5.10 Å². The third-order valence-corrected chi connectivity index (χ3v) is 5.00. The van der Waals surface area contributed by atoms with E-state index < -0.39 is 5.97 Å². The van der Waals surface area contributed by atoms with Crippen LogP contribution >= 0.6 is 0 Å². The van der Waals surface area contributed by atoms with Crippen LogP contribution in [0.25, 0.3) is 11.0 Å². The molecule has 1 unspecified atom stereocenters. The quantitative estimate of drug-likeness (QED) is 0.689. The van der Waals surface area contributed by atoms with Gasteiger partial charge < -0.3 is 10.4 Å². The zero-order chi connectivity index (χ0) is 20.6. The summed E-state index contributed by atoms with van der Waals surface area (Å²) in [5, 5.41) is 17.3. The van der Waals surface area contributed by atoms with Crippen LogP contribution in [0.4, 0.5) is 5.69 Å². The number of aryl methyl sites for hydroxylation is 3. The van der Waals surface area contributed by atoms with Crippen LogP contribution in [-0.2, 0) is 0 Å².